The van der Waals surface area contributed by atoms with Crippen molar-refractivity contribution >= 4 is 64.0 Å². The largest absolute Gasteiger partial charge is 0.341 e. The van der Waals surface area contributed by atoms with E-state index in [0.29, 0.717) is 10.6 Å². The van der Waals surface area contributed by atoms with Crippen molar-refractivity contribution in [1.82, 2.24) is 10.4 Å². The Morgan fingerprint density at radius 1 is 0.889 bits per heavy atom. The van der Waals surface area contributed by atoms with Gasteiger partial charge in [-0.15, -0.1) is 0 Å². The molecule has 9 heteroatoms. The van der Waals surface area contributed by atoms with Crippen LogP contribution in [0.2, 0.25) is 20.1 Å². The molecule has 0 aliphatic rings. The molecule has 5 nitrogen and oxygen atoms in total. The number of urea groups is 1. The van der Waals surface area contributed by atoms with E-state index in [9.17, 15) is 9.59 Å². The first-order valence-electron chi connectivity index (χ1n) is 7.81. The molecule has 2 aromatic rings. The number of anilines is 1. The van der Waals surface area contributed by atoms with Gasteiger partial charge in [0.05, 0.1) is 26.3 Å². The summed E-state index contributed by atoms with van der Waals surface area (Å²) in [6.45, 7) is 5.31. The SMILES string of the molecule is CC(C)(C)N(NC(=O)c1ccc(Cl)cc1)C(=O)Nc1cc(Cl)c(Cl)cc1Cl. The standard InChI is InChI=1S/C18H17Cl4N3O2/c1-18(2,3)25(24-16(26)10-4-6-11(19)7-5-10)17(27)23-15-9-13(21)12(20)8-14(15)22/h4-9H,1-3H3,(H,23,27)(H,24,26). The first-order chi connectivity index (χ1) is 12.5. The summed E-state index contributed by atoms with van der Waals surface area (Å²) in [5.74, 6) is -0.461. The maximum absolute atomic E-state index is 12.8. The quantitative estimate of drug-likeness (QED) is 0.419. The molecule has 0 saturated heterocycles. The van der Waals surface area contributed by atoms with Gasteiger partial charge in [0.25, 0.3) is 5.91 Å². The fourth-order valence-corrected chi connectivity index (χ4v) is 2.80. The number of benzene rings is 2. The Hall–Kier alpha value is -1.66. The Bertz CT molecular complexity index is 864. The molecular formula is C18H17Cl4N3O2. The topological polar surface area (TPSA) is 61.4 Å². The predicted octanol–water partition coefficient (Wildman–Crippen LogP) is 6.28. The number of carbonyl (C=O) groups is 2. The molecule has 3 amide bonds. The minimum atomic E-state index is -0.727. The minimum Gasteiger partial charge on any atom is -0.305 e. The molecular weight excluding hydrogens is 432 g/mol. The van der Waals surface area contributed by atoms with Crippen molar-refractivity contribution in [3.05, 3.63) is 62.1 Å². The number of rotatable bonds is 2. The molecule has 0 fully saturated rings. The van der Waals surface area contributed by atoms with E-state index in [0.717, 1.165) is 0 Å². The monoisotopic (exact) mass is 447 g/mol. The second-order valence-electron chi connectivity index (χ2n) is 6.63. The first-order valence-corrected chi connectivity index (χ1v) is 9.32. The minimum absolute atomic E-state index is 0.218. The van der Waals surface area contributed by atoms with Gasteiger partial charge in [0.2, 0.25) is 0 Å². The van der Waals surface area contributed by atoms with Crippen LogP contribution < -0.4 is 10.7 Å². The van der Waals surface area contributed by atoms with Crippen molar-refractivity contribution in [2.75, 3.05) is 5.32 Å². The summed E-state index contributed by atoms with van der Waals surface area (Å²) in [5, 5.41) is 5.03. The number of halogens is 4. The zero-order valence-electron chi connectivity index (χ0n) is 14.7. The molecule has 0 aliphatic heterocycles. The lowest BCUT2D eigenvalue weighted by Crippen LogP contribution is -2.57. The molecule has 0 aromatic heterocycles. The van der Waals surface area contributed by atoms with E-state index in [1.165, 1.54) is 17.1 Å². The summed E-state index contributed by atoms with van der Waals surface area (Å²) in [5.41, 5.74) is 2.49. The van der Waals surface area contributed by atoms with E-state index in [1.807, 2.05) is 0 Å². The lowest BCUT2D eigenvalue weighted by atomic mass is 10.1. The van der Waals surface area contributed by atoms with Gasteiger partial charge < -0.3 is 5.32 Å². The zero-order valence-corrected chi connectivity index (χ0v) is 17.8. The van der Waals surface area contributed by atoms with Crippen molar-refractivity contribution in [3.8, 4) is 0 Å². The van der Waals surface area contributed by atoms with Crippen molar-refractivity contribution < 1.29 is 9.59 Å². The van der Waals surface area contributed by atoms with Crippen molar-refractivity contribution in [3.63, 3.8) is 0 Å². The van der Waals surface area contributed by atoms with Gasteiger partial charge in [-0.3, -0.25) is 10.2 Å². The molecule has 0 aliphatic carbocycles. The van der Waals surface area contributed by atoms with Gasteiger partial charge in [-0.05, 0) is 57.2 Å². The maximum Gasteiger partial charge on any atom is 0.341 e. The fourth-order valence-electron chi connectivity index (χ4n) is 2.08. The maximum atomic E-state index is 12.8. The van der Waals surface area contributed by atoms with Crippen LogP contribution in [0.4, 0.5) is 10.5 Å². The van der Waals surface area contributed by atoms with Gasteiger partial charge in [0.15, 0.2) is 0 Å². The summed E-state index contributed by atoms with van der Waals surface area (Å²) >= 11 is 23.8. The van der Waals surface area contributed by atoms with Crippen LogP contribution in [0.25, 0.3) is 0 Å². The molecule has 0 saturated carbocycles. The van der Waals surface area contributed by atoms with Crippen molar-refractivity contribution in [2.24, 2.45) is 0 Å². The van der Waals surface area contributed by atoms with Crippen LogP contribution in [-0.4, -0.2) is 22.5 Å². The molecule has 0 atom stereocenters. The van der Waals surface area contributed by atoms with Crippen LogP contribution in [0.15, 0.2) is 36.4 Å². The number of amides is 3. The van der Waals surface area contributed by atoms with Gasteiger partial charge in [0, 0.05) is 10.6 Å². The molecule has 2 N–H and O–H groups in total. The highest BCUT2D eigenvalue weighted by atomic mass is 35.5. The van der Waals surface area contributed by atoms with Crippen LogP contribution in [0.5, 0.6) is 0 Å². The average molecular weight is 449 g/mol. The summed E-state index contributed by atoms with van der Waals surface area (Å²) in [6, 6.07) is 8.57. The van der Waals surface area contributed by atoms with E-state index in [4.69, 9.17) is 46.4 Å². The van der Waals surface area contributed by atoms with Crippen LogP contribution in [0, 0.1) is 0 Å². The fraction of sp³-hybridized carbons (Fsp3) is 0.222. The van der Waals surface area contributed by atoms with Gasteiger partial charge in [0.1, 0.15) is 0 Å². The number of hydrogen-bond acceptors (Lipinski definition) is 2. The van der Waals surface area contributed by atoms with Gasteiger partial charge >= 0.3 is 6.03 Å². The second-order valence-corrected chi connectivity index (χ2v) is 8.29. The third-order valence-corrected chi connectivity index (χ3v) is 4.73. The summed E-state index contributed by atoms with van der Waals surface area (Å²) in [6.07, 6.45) is 0. The first kappa shape index (κ1) is 21.6. The Balaban J connectivity index is 2.23. The highest BCUT2D eigenvalue weighted by Gasteiger charge is 2.29. The molecule has 0 bridgehead atoms. The number of hydrazine groups is 1. The van der Waals surface area contributed by atoms with E-state index >= 15 is 0 Å². The number of hydrogen-bond donors (Lipinski definition) is 2. The number of nitrogens with zero attached hydrogens (tertiary/aromatic N) is 1. The van der Waals surface area contributed by atoms with Crippen LogP contribution in [-0.2, 0) is 0 Å². The lowest BCUT2D eigenvalue weighted by Gasteiger charge is -2.35. The molecule has 0 heterocycles. The third kappa shape index (κ3) is 5.66. The van der Waals surface area contributed by atoms with E-state index in [2.05, 4.69) is 10.7 Å². The molecule has 0 spiro atoms. The van der Waals surface area contributed by atoms with Crippen LogP contribution in [0.3, 0.4) is 0 Å². The molecule has 0 unspecified atom stereocenters. The molecule has 2 rings (SSSR count). The van der Waals surface area contributed by atoms with E-state index in [-0.39, 0.29) is 20.8 Å². The van der Waals surface area contributed by atoms with E-state index < -0.39 is 17.5 Å². The smallest absolute Gasteiger partial charge is 0.305 e. The Morgan fingerprint density at radius 2 is 1.44 bits per heavy atom. The van der Waals surface area contributed by atoms with E-state index in [1.54, 1.807) is 45.0 Å². The lowest BCUT2D eigenvalue weighted by molar-refractivity contribution is 0.0687. The molecule has 2 aromatic carbocycles. The summed E-state index contributed by atoms with van der Waals surface area (Å²) in [7, 11) is 0. The van der Waals surface area contributed by atoms with Gasteiger partial charge in [-0.1, -0.05) is 46.4 Å². The summed E-state index contributed by atoms with van der Waals surface area (Å²) < 4.78 is 0. The third-order valence-electron chi connectivity index (χ3n) is 3.45. The highest BCUT2D eigenvalue weighted by Crippen LogP contribution is 2.32. The molecule has 27 heavy (non-hydrogen) atoms. The normalized spacial score (nSPS) is 11.1. The van der Waals surface area contributed by atoms with Crippen molar-refractivity contribution in [2.45, 2.75) is 26.3 Å². The summed E-state index contributed by atoms with van der Waals surface area (Å²) in [4.78, 5) is 25.3. The Kier molecular flexibility index (Phi) is 6.87. The molecule has 144 valence electrons. The predicted molar refractivity (Wildman–Crippen MR) is 111 cm³/mol. The highest BCUT2D eigenvalue weighted by molar-refractivity contribution is 6.44. The van der Waals surface area contributed by atoms with Crippen LogP contribution >= 0.6 is 46.4 Å². The van der Waals surface area contributed by atoms with Crippen molar-refractivity contribution in [1.29, 1.82) is 0 Å². The van der Waals surface area contributed by atoms with Gasteiger partial charge in [-0.2, -0.15) is 0 Å². The number of nitrogens with one attached hydrogen (secondary N) is 2. The average Bonchev–Trinajstić information content (AvgIpc) is 2.56. The van der Waals surface area contributed by atoms with Gasteiger partial charge in [-0.25, -0.2) is 9.80 Å². The Morgan fingerprint density at radius 3 is 2.00 bits per heavy atom. The zero-order chi connectivity index (χ0) is 20.4. The number of carbonyl (C=O) groups excluding carboxylic acids is 2. The molecule has 0 radical (unpaired) electrons. The Labute approximate surface area is 177 Å². The second kappa shape index (κ2) is 8.57. The van der Waals surface area contributed by atoms with Crippen LogP contribution in [0.1, 0.15) is 31.1 Å².